The standard InChI is InChI=1S/C20H19ClN2O3/c1-3-23-17(11-12-22-23)16-13-15(21)9-10-18(16)26-19(20(24)25-2)14-7-5-4-6-8-14/h4-13,19H,3H2,1-2H3. The zero-order valence-corrected chi connectivity index (χ0v) is 15.3. The lowest BCUT2D eigenvalue weighted by atomic mass is 10.1. The van der Waals surface area contributed by atoms with Gasteiger partial charge in [0.05, 0.1) is 12.8 Å². The molecule has 0 N–H and O–H groups in total. The maximum absolute atomic E-state index is 12.3. The Morgan fingerprint density at radius 2 is 1.96 bits per heavy atom. The molecule has 26 heavy (non-hydrogen) atoms. The van der Waals surface area contributed by atoms with Crippen LogP contribution >= 0.6 is 11.6 Å². The molecule has 0 aliphatic carbocycles. The number of methoxy groups -OCH3 is 1. The number of rotatable bonds is 6. The Hall–Kier alpha value is -2.79. The van der Waals surface area contributed by atoms with E-state index in [1.54, 1.807) is 24.4 Å². The maximum atomic E-state index is 12.3. The van der Waals surface area contributed by atoms with E-state index in [0.29, 0.717) is 22.9 Å². The fourth-order valence-electron chi connectivity index (χ4n) is 2.73. The van der Waals surface area contributed by atoms with Crippen molar-refractivity contribution >= 4 is 17.6 Å². The lowest BCUT2D eigenvalue weighted by Crippen LogP contribution is -2.20. The van der Waals surface area contributed by atoms with E-state index in [4.69, 9.17) is 21.1 Å². The summed E-state index contributed by atoms with van der Waals surface area (Å²) in [6.45, 7) is 2.70. The number of halogens is 1. The summed E-state index contributed by atoms with van der Waals surface area (Å²) in [5, 5.41) is 4.87. The Balaban J connectivity index is 2.04. The third kappa shape index (κ3) is 3.73. The minimum atomic E-state index is -0.876. The highest BCUT2D eigenvalue weighted by Gasteiger charge is 2.25. The van der Waals surface area contributed by atoms with E-state index in [1.165, 1.54) is 7.11 Å². The van der Waals surface area contributed by atoms with Crippen LogP contribution in [0.4, 0.5) is 0 Å². The summed E-state index contributed by atoms with van der Waals surface area (Å²) in [6, 6.07) is 16.4. The third-order valence-corrected chi connectivity index (χ3v) is 4.23. The molecule has 0 saturated heterocycles. The van der Waals surface area contributed by atoms with E-state index < -0.39 is 12.1 Å². The molecule has 5 nitrogen and oxygen atoms in total. The van der Waals surface area contributed by atoms with Gasteiger partial charge in [-0.15, -0.1) is 0 Å². The zero-order valence-electron chi connectivity index (χ0n) is 14.6. The van der Waals surface area contributed by atoms with Gasteiger partial charge in [0.25, 0.3) is 0 Å². The van der Waals surface area contributed by atoms with Gasteiger partial charge in [-0.05, 0) is 31.2 Å². The molecule has 0 amide bonds. The van der Waals surface area contributed by atoms with Gasteiger partial charge in [-0.25, -0.2) is 4.79 Å². The summed E-state index contributed by atoms with van der Waals surface area (Å²) in [6.07, 6.45) is 0.845. The van der Waals surface area contributed by atoms with E-state index in [0.717, 1.165) is 11.3 Å². The fourth-order valence-corrected chi connectivity index (χ4v) is 2.90. The van der Waals surface area contributed by atoms with Crippen LogP contribution in [0.15, 0.2) is 60.8 Å². The van der Waals surface area contributed by atoms with Crippen LogP contribution in [-0.2, 0) is 16.1 Å². The Kier molecular flexibility index (Phi) is 5.58. The van der Waals surface area contributed by atoms with Crippen molar-refractivity contribution in [1.29, 1.82) is 0 Å². The second-order valence-corrected chi connectivity index (χ2v) is 6.04. The van der Waals surface area contributed by atoms with E-state index in [2.05, 4.69) is 5.10 Å². The minimum Gasteiger partial charge on any atom is -0.473 e. The van der Waals surface area contributed by atoms with Crippen molar-refractivity contribution in [2.75, 3.05) is 7.11 Å². The Morgan fingerprint density at radius 1 is 1.19 bits per heavy atom. The van der Waals surface area contributed by atoms with Gasteiger partial charge in [0.2, 0.25) is 6.10 Å². The second kappa shape index (κ2) is 8.06. The number of esters is 1. The Morgan fingerprint density at radius 3 is 2.65 bits per heavy atom. The summed E-state index contributed by atoms with van der Waals surface area (Å²) in [7, 11) is 1.34. The molecule has 3 rings (SSSR count). The highest BCUT2D eigenvalue weighted by Crippen LogP contribution is 2.35. The van der Waals surface area contributed by atoms with Gasteiger partial charge in [-0.2, -0.15) is 5.10 Å². The topological polar surface area (TPSA) is 53.4 Å². The zero-order chi connectivity index (χ0) is 18.5. The van der Waals surface area contributed by atoms with Crippen molar-refractivity contribution in [2.24, 2.45) is 0 Å². The van der Waals surface area contributed by atoms with Crippen molar-refractivity contribution < 1.29 is 14.3 Å². The third-order valence-electron chi connectivity index (χ3n) is 4.00. The minimum absolute atomic E-state index is 0.471. The number of hydrogen-bond acceptors (Lipinski definition) is 4. The number of nitrogens with zero attached hydrogens (tertiary/aromatic N) is 2. The van der Waals surface area contributed by atoms with Crippen LogP contribution in [0, 0.1) is 0 Å². The predicted molar refractivity (Wildman–Crippen MR) is 100 cm³/mol. The summed E-state index contributed by atoms with van der Waals surface area (Å²) >= 11 is 6.20. The maximum Gasteiger partial charge on any atom is 0.351 e. The Bertz CT molecular complexity index is 893. The number of ether oxygens (including phenoxy) is 2. The van der Waals surface area contributed by atoms with Gasteiger partial charge in [0.1, 0.15) is 5.75 Å². The van der Waals surface area contributed by atoms with Gasteiger partial charge in [0.15, 0.2) is 0 Å². The highest BCUT2D eigenvalue weighted by molar-refractivity contribution is 6.31. The van der Waals surface area contributed by atoms with E-state index in [9.17, 15) is 4.79 Å². The number of carbonyl (C=O) groups is 1. The van der Waals surface area contributed by atoms with Crippen LogP contribution in [0.2, 0.25) is 5.02 Å². The predicted octanol–water partition coefficient (Wildman–Crippen LogP) is 4.52. The summed E-state index contributed by atoms with van der Waals surface area (Å²) in [4.78, 5) is 12.3. The summed E-state index contributed by atoms with van der Waals surface area (Å²) in [5.74, 6) is 0.0601. The first-order valence-electron chi connectivity index (χ1n) is 8.25. The van der Waals surface area contributed by atoms with Gasteiger partial charge in [-0.3, -0.25) is 4.68 Å². The first-order chi connectivity index (χ1) is 12.6. The molecule has 1 heterocycles. The first kappa shape index (κ1) is 18.0. The van der Waals surface area contributed by atoms with Gasteiger partial charge in [-0.1, -0.05) is 41.9 Å². The molecule has 1 unspecified atom stereocenters. The molecular formula is C20H19ClN2O3. The van der Waals surface area contributed by atoms with Gasteiger partial charge in [0, 0.05) is 28.9 Å². The first-order valence-corrected chi connectivity index (χ1v) is 8.63. The smallest absolute Gasteiger partial charge is 0.351 e. The molecule has 3 aromatic rings. The normalized spacial score (nSPS) is 11.8. The molecule has 1 aromatic heterocycles. The average molecular weight is 371 g/mol. The van der Waals surface area contributed by atoms with Gasteiger partial charge >= 0.3 is 5.97 Å². The number of benzene rings is 2. The lowest BCUT2D eigenvalue weighted by Gasteiger charge is -2.20. The van der Waals surface area contributed by atoms with Crippen molar-refractivity contribution in [1.82, 2.24) is 9.78 Å². The number of aromatic nitrogens is 2. The summed E-state index contributed by atoms with van der Waals surface area (Å²) < 4.78 is 12.9. The van der Waals surface area contributed by atoms with E-state index in [-0.39, 0.29) is 0 Å². The average Bonchev–Trinajstić information content (AvgIpc) is 3.15. The van der Waals surface area contributed by atoms with Crippen molar-refractivity contribution in [2.45, 2.75) is 19.6 Å². The monoisotopic (exact) mass is 370 g/mol. The van der Waals surface area contributed by atoms with Crippen molar-refractivity contribution in [3.05, 3.63) is 71.4 Å². The van der Waals surface area contributed by atoms with Crippen LogP contribution in [0.25, 0.3) is 11.3 Å². The Labute approximate surface area is 157 Å². The molecule has 0 radical (unpaired) electrons. The number of hydrogen-bond donors (Lipinski definition) is 0. The van der Waals surface area contributed by atoms with Gasteiger partial charge < -0.3 is 9.47 Å². The SMILES string of the molecule is CCn1nccc1-c1cc(Cl)ccc1OC(C(=O)OC)c1ccccc1. The molecule has 0 aliphatic heterocycles. The van der Waals surface area contributed by atoms with E-state index >= 15 is 0 Å². The second-order valence-electron chi connectivity index (χ2n) is 5.60. The number of aryl methyl sites for hydroxylation is 1. The van der Waals surface area contributed by atoms with Crippen molar-refractivity contribution in [3.63, 3.8) is 0 Å². The molecule has 0 fully saturated rings. The molecular weight excluding hydrogens is 352 g/mol. The molecule has 1 atom stereocenters. The molecule has 2 aromatic carbocycles. The van der Waals surface area contributed by atoms with Crippen LogP contribution in [0.3, 0.4) is 0 Å². The van der Waals surface area contributed by atoms with Crippen LogP contribution in [0.1, 0.15) is 18.6 Å². The molecule has 0 aliphatic rings. The number of carbonyl (C=O) groups excluding carboxylic acids is 1. The van der Waals surface area contributed by atoms with Crippen LogP contribution in [-0.4, -0.2) is 22.9 Å². The van der Waals surface area contributed by atoms with Crippen LogP contribution in [0.5, 0.6) is 5.75 Å². The molecule has 0 spiro atoms. The molecule has 6 heteroatoms. The lowest BCUT2D eigenvalue weighted by molar-refractivity contribution is -0.149. The summed E-state index contributed by atoms with van der Waals surface area (Å²) in [5.41, 5.74) is 2.34. The van der Waals surface area contributed by atoms with Crippen molar-refractivity contribution in [3.8, 4) is 17.0 Å². The van der Waals surface area contributed by atoms with E-state index in [1.807, 2.05) is 48.0 Å². The largest absolute Gasteiger partial charge is 0.473 e. The quantitative estimate of drug-likeness (QED) is 0.599. The molecule has 134 valence electrons. The molecule has 0 bridgehead atoms. The highest BCUT2D eigenvalue weighted by atomic mass is 35.5. The molecule has 0 saturated carbocycles. The van der Waals surface area contributed by atoms with Crippen LogP contribution < -0.4 is 4.74 Å². The fraction of sp³-hybridized carbons (Fsp3) is 0.200.